The molecule has 1 amide bonds. The van der Waals surface area contributed by atoms with Crippen LogP contribution in [-0.4, -0.2) is 53.6 Å². The van der Waals surface area contributed by atoms with Gasteiger partial charge in [-0.2, -0.15) is 10.5 Å². The van der Waals surface area contributed by atoms with Gasteiger partial charge in [0, 0.05) is 31.4 Å². The van der Waals surface area contributed by atoms with Crippen LogP contribution in [0.15, 0.2) is 18.3 Å². The third-order valence-electron chi connectivity index (χ3n) is 5.46. The van der Waals surface area contributed by atoms with Crippen molar-refractivity contribution < 1.29 is 4.79 Å². The Morgan fingerprint density at radius 2 is 2.12 bits per heavy atom. The highest BCUT2D eigenvalue weighted by Crippen LogP contribution is 2.25. The summed E-state index contributed by atoms with van der Waals surface area (Å²) in [4.78, 5) is 20.7. The summed E-state index contributed by atoms with van der Waals surface area (Å²) in [5.74, 6) is 0.905. The first-order chi connectivity index (χ1) is 12.5. The fourth-order valence-electron chi connectivity index (χ4n) is 3.64. The standard InChI is InChI=1S/C19H24N6O/c1-19(23-14-18(26)25-8-2-3-16(25)12-21)6-9-24(10-7-19)17-5-4-15(11-20)13-22-17/h4-5,13,16,23H,2-3,6-10,14H2,1H3/t16-/m0/s1. The second kappa shape index (κ2) is 7.72. The SMILES string of the molecule is CC1(NCC(=O)N2CCC[C@H]2C#N)CCN(c2ccc(C#N)cn2)CC1. The van der Waals surface area contributed by atoms with Crippen molar-refractivity contribution in [3.63, 3.8) is 0 Å². The smallest absolute Gasteiger partial charge is 0.237 e. The molecule has 0 spiro atoms. The molecular formula is C19H24N6O. The van der Waals surface area contributed by atoms with Crippen molar-refractivity contribution in [2.24, 2.45) is 0 Å². The lowest BCUT2D eigenvalue weighted by molar-refractivity contribution is -0.130. The normalized spacial score (nSPS) is 21.9. The first-order valence-electron chi connectivity index (χ1n) is 9.10. The molecule has 0 aromatic carbocycles. The van der Waals surface area contributed by atoms with E-state index in [1.807, 2.05) is 6.07 Å². The number of carbonyl (C=O) groups is 1. The van der Waals surface area contributed by atoms with Gasteiger partial charge in [0.1, 0.15) is 17.9 Å². The molecule has 2 fully saturated rings. The van der Waals surface area contributed by atoms with Crippen LogP contribution in [0.3, 0.4) is 0 Å². The van der Waals surface area contributed by atoms with Gasteiger partial charge in [0.05, 0.1) is 18.2 Å². The summed E-state index contributed by atoms with van der Waals surface area (Å²) < 4.78 is 0. The maximum atomic E-state index is 12.4. The molecule has 136 valence electrons. The monoisotopic (exact) mass is 352 g/mol. The van der Waals surface area contributed by atoms with Gasteiger partial charge >= 0.3 is 0 Å². The van der Waals surface area contributed by atoms with E-state index in [4.69, 9.17) is 10.5 Å². The van der Waals surface area contributed by atoms with Crippen molar-refractivity contribution in [3.05, 3.63) is 23.9 Å². The van der Waals surface area contributed by atoms with E-state index in [0.29, 0.717) is 12.1 Å². The summed E-state index contributed by atoms with van der Waals surface area (Å²) in [5, 5.41) is 21.4. The average molecular weight is 352 g/mol. The number of piperidine rings is 1. The number of nitrogens with zero attached hydrogens (tertiary/aromatic N) is 5. The topological polar surface area (TPSA) is 96.0 Å². The summed E-state index contributed by atoms with van der Waals surface area (Å²) in [6, 6.07) is 7.71. The molecular weight excluding hydrogens is 328 g/mol. The van der Waals surface area contributed by atoms with Gasteiger partial charge in [0.2, 0.25) is 5.91 Å². The Labute approximate surface area is 154 Å². The van der Waals surface area contributed by atoms with Crippen LogP contribution in [0.1, 0.15) is 38.2 Å². The summed E-state index contributed by atoms with van der Waals surface area (Å²) in [6.07, 6.45) is 5.11. The molecule has 3 heterocycles. The number of rotatable bonds is 4. The number of pyridine rings is 1. The number of hydrogen-bond donors (Lipinski definition) is 1. The number of amides is 1. The molecule has 2 saturated heterocycles. The van der Waals surface area contributed by atoms with Gasteiger partial charge in [-0.05, 0) is 44.7 Å². The fraction of sp³-hybridized carbons (Fsp3) is 0.579. The van der Waals surface area contributed by atoms with Gasteiger partial charge in [-0.25, -0.2) is 4.98 Å². The summed E-state index contributed by atoms with van der Waals surface area (Å²) >= 11 is 0. The molecule has 2 aliphatic rings. The van der Waals surface area contributed by atoms with E-state index in [-0.39, 0.29) is 24.0 Å². The lowest BCUT2D eigenvalue weighted by Gasteiger charge is -2.40. The number of nitrogens with one attached hydrogen (secondary N) is 1. The van der Waals surface area contributed by atoms with E-state index < -0.39 is 0 Å². The molecule has 0 aliphatic carbocycles. The number of nitriles is 2. The molecule has 1 aromatic heterocycles. The molecule has 26 heavy (non-hydrogen) atoms. The van der Waals surface area contributed by atoms with Crippen molar-refractivity contribution in [1.29, 1.82) is 10.5 Å². The first-order valence-corrected chi connectivity index (χ1v) is 9.10. The third kappa shape index (κ3) is 3.95. The number of aromatic nitrogens is 1. The molecule has 7 nitrogen and oxygen atoms in total. The lowest BCUT2D eigenvalue weighted by Crippen LogP contribution is -2.54. The second-order valence-corrected chi connectivity index (χ2v) is 7.29. The van der Waals surface area contributed by atoms with Crippen molar-refractivity contribution in [2.75, 3.05) is 31.1 Å². The van der Waals surface area contributed by atoms with E-state index >= 15 is 0 Å². The van der Waals surface area contributed by atoms with E-state index in [9.17, 15) is 4.79 Å². The van der Waals surface area contributed by atoms with Crippen LogP contribution in [0, 0.1) is 22.7 Å². The third-order valence-corrected chi connectivity index (χ3v) is 5.46. The lowest BCUT2D eigenvalue weighted by atomic mass is 9.89. The van der Waals surface area contributed by atoms with Crippen LogP contribution in [0.5, 0.6) is 0 Å². The molecule has 0 saturated carbocycles. The van der Waals surface area contributed by atoms with E-state index in [1.165, 1.54) is 0 Å². The van der Waals surface area contributed by atoms with Crippen molar-refractivity contribution in [1.82, 2.24) is 15.2 Å². The molecule has 1 N–H and O–H groups in total. The molecule has 3 rings (SSSR count). The molecule has 0 radical (unpaired) electrons. The number of likely N-dealkylation sites (tertiary alicyclic amines) is 1. The predicted molar refractivity (Wildman–Crippen MR) is 97.2 cm³/mol. The molecule has 0 unspecified atom stereocenters. The Morgan fingerprint density at radius 1 is 1.35 bits per heavy atom. The maximum Gasteiger partial charge on any atom is 0.237 e. The molecule has 1 aromatic rings. The molecule has 7 heteroatoms. The average Bonchev–Trinajstić information content (AvgIpc) is 3.16. The van der Waals surface area contributed by atoms with Crippen LogP contribution >= 0.6 is 0 Å². The van der Waals surface area contributed by atoms with Crippen molar-refractivity contribution >= 4 is 11.7 Å². The van der Waals surface area contributed by atoms with Crippen molar-refractivity contribution in [3.8, 4) is 12.1 Å². The summed E-state index contributed by atoms with van der Waals surface area (Å²) in [6.45, 7) is 4.81. The fourth-order valence-corrected chi connectivity index (χ4v) is 3.64. The number of carbonyl (C=O) groups excluding carboxylic acids is 1. The Hall–Kier alpha value is -2.64. The van der Waals surface area contributed by atoms with Gasteiger partial charge in [-0.15, -0.1) is 0 Å². The zero-order chi connectivity index (χ0) is 18.6. The van der Waals surface area contributed by atoms with E-state index in [1.54, 1.807) is 17.2 Å². The molecule has 0 bridgehead atoms. The van der Waals surface area contributed by atoms with Gasteiger partial charge in [0.25, 0.3) is 0 Å². The largest absolute Gasteiger partial charge is 0.356 e. The molecule has 2 aliphatic heterocycles. The van der Waals surface area contributed by atoms with Crippen LogP contribution in [0.2, 0.25) is 0 Å². The first kappa shape index (κ1) is 18.2. The van der Waals surface area contributed by atoms with E-state index in [0.717, 1.165) is 44.6 Å². The van der Waals surface area contributed by atoms with Gasteiger partial charge < -0.3 is 15.1 Å². The summed E-state index contributed by atoms with van der Waals surface area (Å²) in [7, 11) is 0. The Kier molecular flexibility index (Phi) is 5.39. The van der Waals surface area contributed by atoms with Crippen LogP contribution < -0.4 is 10.2 Å². The Morgan fingerprint density at radius 3 is 2.73 bits per heavy atom. The number of hydrogen-bond acceptors (Lipinski definition) is 6. The van der Waals surface area contributed by atoms with Crippen LogP contribution in [0.25, 0.3) is 0 Å². The minimum Gasteiger partial charge on any atom is -0.356 e. The quantitative estimate of drug-likeness (QED) is 0.880. The second-order valence-electron chi connectivity index (χ2n) is 7.29. The minimum atomic E-state index is -0.263. The predicted octanol–water partition coefficient (Wildman–Crippen LogP) is 1.42. The van der Waals surface area contributed by atoms with Crippen LogP contribution in [0.4, 0.5) is 5.82 Å². The minimum absolute atomic E-state index is 0.0199. The van der Waals surface area contributed by atoms with Gasteiger partial charge in [-0.3, -0.25) is 4.79 Å². The highest BCUT2D eigenvalue weighted by Gasteiger charge is 2.33. The van der Waals surface area contributed by atoms with Crippen LogP contribution in [-0.2, 0) is 4.79 Å². The van der Waals surface area contributed by atoms with Gasteiger partial charge in [-0.1, -0.05) is 0 Å². The van der Waals surface area contributed by atoms with Crippen molar-refractivity contribution in [2.45, 2.75) is 44.2 Å². The Balaban J connectivity index is 1.50. The summed E-state index contributed by atoms with van der Waals surface area (Å²) in [5.41, 5.74) is 0.467. The molecule has 1 atom stereocenters. The van der Waals surface area contributed by atoms with E-state index in [2.05, 4.69) is 34.3 Å². The highest BCUT2D eigenvalue weighted by atomic mass is 16.2. The van der Waals surface area contributed by atoms with Gasteiger partial charge in [0.15, 0.2) is 0 Å². The zero-order valence-corrected chi connectivity index (χ0v) is 15.1. The Bertz CT molecular complexity index is 724. The highest BCUT2D eigenvalue weighted by molar-refractivity contribution is 5.79. The zero-order valence-electron chi connectivity index (χ0n) is 15.1. The number of anilines is 1. The maximum absolute atomic E-state index is 12.4.